The van der Waals surface area contributed by atoms with Gasteiger partial charge in [-0.25, -0.2) is 0 Å². The lowest BCUT2D eigenvalue weighted by atomic mass is 9.96. The van der Waals surface area contributed by atoms with Gasteiger partial charge >= 0.3 is 0 Å². The van der Waals surface area contributed by atoms with Crippen molar-refractivity contribution in [3.05, 3.63) is 47.5 Å². The van der Waals surface area contributed by atoms with E-state index < -0.39 is 5.79 Å². The second kappa shape index (κ2) is 9.48. The largest absolute Gasteiger partial charge is 0.508 e. The Morgan fingerprint density at radius 1 is 0.704 bits per heavy atom. The number of hydrogen-bond donors (Lipinski definition) is 2. The maximum absolute atomic E-state index is 9.76. The zero-order valence-corrected chi connectivity index (χ0v) is 16.3. The van der Waals surface area contributed by atoms with Crippen LogP contribution in [0.15, 0.2) is 36.4 Å². The Morgan fingerprint density at radius 3 is 1.44 bits per heavy atom. The van der Waals surface area contributed by atoms with Crippen LogP contribution in [0.25, 0.3) is 0 Å². The lowest BCUT2D eigenvalue weighted by Gasteiger charge is -2.31. The van der Waals surface area contributed by atoms with Crippen LogP contribution in [-0.2, 0) is 22.3 Å². The highest BCUT2D eigenvalue weighted by Gasteiger charge is 2.30. The summed E-state index contributed by atoms with van der Waals surface area (Å²) in [7, 11) is 6.43. The molecule has 2 aromatic rings. The summed E-state index contributed by atoms with van der Waals surface area (Å²) in [5, 5.41) is 19.5. The molecule has 0 atom stereocenters. The van der Waals surface area contributed by atoms with Gasteiger partial charge in [-0.3, -0.25) is 0 Å². The molecule has 2 rings (SSSR count). The molecular formula is C21H28O6. The lowest BCUT2D eigenvalue weighted by Crippen LogP contribution is -2.35. The summed E-state index contributed by atoms with van der Waals surface area (Å²) in [6, 6.07) is 10.0. The second-order valence-corrected chi connectivity index (χ2v) is 6.31. The Kier molecular flexibility index (Phi) is 7.33. The van der Waals surface area contributed by atoms with Gasteiger partial charge < -0.3 is 29.2 Å². The minimum absolute atomic E-state index is 0.190. The van der Waals surface area contributed by atoms with Crippen molar-refractivity contribution in [2.75, 3.05) is 28.4 Å². The molecule has 27 heavy (non-hydrogen) atoms. The van der Waals surface area contributed by atoms with Gasteiger partial charge in [0.2, 0.25) is 0 Å². The number of ether oxygens (including phenoxy) is 4. The van der Waals surface area contributed by atoms with Gasteiger partial charge in [0.25, 0.3) is 0 Å². The van der Waals surface area contributed by atoms with Crippen LogP contribution in [0.1, 0.15) is 24.0 Å². The summed E-state index contributed by atoms with van der Waals surface area (Å²) >= 11 is 0. The van der Waals surface area contributed by atoms with E-state index in [4.69, 9.17) is 18.9 Å². The van der Waals surface area contributed by atoms with Crippen molar-refractivity contribution in [2.24, 2.45) is 0 Å². The molecule has 6 nitrogen and oxygen atoms in total. The Balaban J connectivity index is 2.13. The molecule has 148 valence electrons. The maximum atomic E-state index is 9.76. The molecule has 0 aromatic heterocycles. The van der Waals surface area contributed by atoms with Crippen molar-refractivity contribution in [2.45, 2.75) is 31.5 Å². The molecule has 0 amide bonds. The minimum atomic E-state index is -0.813. The average molecular weight is 376 g/mol. The number of methoxy groups -OCH3 is 4. The molecule has 0 aliphatic rings. The van der Waals surface area contributed by atoms with Crippen molar-refractivity contribution in [1.29, 1.82) is 0 Å². The summed E-state index contributed by atoms with van der Waals surface area (Å²) < 4.78 is 22.2. The number of benzene rings is 2. The summed E-state index contributed by atoms with van der Waals surface area (Å²) in [6.07, 6.45) is 2.36. The number of hydrogen-bond acceptors (Lipinski definition) is 6. The van der Waals surface area contributed by atoms with Crippen molar-refractivity contribution >= 4 is 0 Å². The van der Waals surface area contributed by atoms with E-state index in [0.717, 1.165) is 11.1 Å². The molecule has 0 fully saturated rings. The van der Waals surface area contributed by atoms with E-state index >= 15 is 0 Å². The van der Waals surface area contributed by atoms with Crippen molar-refractivity contribution < 1.29 is 29.2 Å². The second-order valence-electron chi connectivity index (χ2n) is 6.31. The normalized spacial score (nSPS) is 11.4. The van der Waals surface area contributed by atoms with Gasteiger partial charge in [-0.05, 0) is 60.4 Å². The zero-order chi connectivity index (χ0) is 19.9. The first-order chi connectivity index (χ1) is 13.0. The van der Waals surface area contributed by atoms with Crippen LogP contribution in [0.4, 0.5) is 0 Å². The maximum Gasteiger partial charge on any atom is 0.168 e. The third-order valence-electron chi connectivity index (χ3n) is 4.82. The van der Waals surface area contributed by atoms with Crippen LogP contribution in [0.5, 0.6) is 23.0 Å². The van der Waals surface area contributed by atoms with Crippen molar-refractivity contribution in [3.63, 3.8) is 0 Å². The van der Waals surface area contributed by atoms with Gasteiger partial charge in [-0.1, -0.05) is 0 Å². The van der Waals surface area contributed by atoms with E-state index in [2.05, 4.69) is 0 Å². The van der Waals surface area contributed by atoms with Gasteiger partial charge in [0.15, 0.2) is 5.79 Å². The van der Waals surface area contributed by atoms with E-state index in [9.17, 15) is 10.2 Å². The molecule has 6 heteroatoms. The van der Waals surface area contributed by atoms with Gasteiger partial charge in [0, 0.05) is 27.1 Å². The van der Waals surface area contributed by atoms with E-state index in [1.54, 1.807) is 64.8 Å². The Labute approximate surface area is 160 Å². The standard InChI is InChI=1S/C21H28O6/c1-24-19-7-5-17(22)13-15(19)9-11-21(26-3,27-4)12-10-16-14-18(23)6-8-20(16)25-2/h5-8,13-14,22-23H,9-12H2,1-4H3. The van der Waals surface area contributed by atoms with Crippen LogP contribution in [0, 0.1) is 0 Å². The number of phenols is 2. The third kappa shape index (κ3) is 5.28. The first-order valence-electron chi connectivity index (χ1n) is 8.79. The Morgan fingerprint density at radius 2 is 1.11 bits per heavy atom. The monoisotopic (exact) mass is 376 g/mol. The van der Waals surface area contributed by atoms with Crippen LogP contribution >= 0.6 is 0 Å². The summed E-state index contributed by atoms with van der Waals surface area (Å²) in [5.41, 5.74) is 1.76. The number of rotatable bonds is 10. The van der Waals surface area contributed by atoms with Crippen LogP contribution < -0.4 is 9.47 Å². The first-order valence-corrected chi connectivity index (χ1v) is 8.79. The third-order valence-corrected chi connectivity index (χ3v) is 4.82. The highest BCUT2D eigenvalue weighted by molar-refractivity contribution is 5.40. The fraction of sp³-hybridized carbons (Fsp3) is 0.429. The number of aryl methyl sites for hydroxylation is 2. The highest BCUT2D eigenvalue weighted by atomic mass is 16.7. The van der Waals surface area contributed by atoms with Crippen LogP contribution in [0.2, 0.25) is 0 Å². The van der Waals surface area contributed by atoms with E-state index in [1.807, 2.05) is 0 Å². The van der Waals surface area contributed by atoms with E-state index in [0.29, 0.717) is 37.2 Å². The molecule has 0 saturated carbocycles. The zero-order valence-electron chi connectivity index (χ0n) is 16.3. The lowest BCUT2D eigenvalue weighted by molar-refractivity contribution is -0.214. The summed E-state index contributed by atoms with van der Waals surface area (Å²) in [5.74, 6) is 0.992. The Bertz CT molecular complexity index is 680. The fourth-order valence-corrected chi connectivity index (χ4v) is 3.19. The first kappa shape index (κ1) is 20.9. The molecule has 0 unspecified atom stereocenters. The van der Waals surface area contributed by atoms with Crippen molar-refractivity contribution in [3.8, 4) is 23.0 Å². The number of phenolic OH excluding ortho intramolecular Hbond substituents is 2. The molecule has 0 aliphatic carbocycles. The van der Waals surface area contributed by atoms with Crippen LogP contribution in [-0.4, -0.2) is 44.4 Å². The highest BCUT2D eigenvalue weighted by Crippen LogP contribution is 2.32. The molecule has 0 saturated heterocycles. The quantitative estimate of drug-likeness (QED) is 0.616. The molecular weight excluding hydrogens is 348 g/mol. The smallest absolute Gasteiger partial charge is 0.168 e. The van der Waals surface area contributed by atoms with Gasteiger partial charge in [-0.15, -0.1) is 0 Å². The van der Waals surface area contributed by atoms with Crippen molar-refractivity contribution in [1.82, 2.24) is 0 Å². The molecule has 0 spiro atoms. The van der Waals surface area contributed by atoms with Crippen LogP contribution in [0.3, 0.4) is 0 Å². The molecule has 0 bridgehead atoms. The Hall–Kier alpha value is -2.44. The summed E-state index contributed by atoms with van der Waals surface area (Å²) in [6.45, 7) is 0. The molecule has 0 aliphatic heterocycles. The fourth-order valence-electron chi connectivity index (χ4n) is 3.19. The van der Waals surface area contributed by atoms with Gasteiger partial charge in [0.1, 0.15) is 23.0 Å². The topological polar surface area (TPSA) is 77.4 Å². The van der Waals surface area contributed by atoms with Gasteiger partial charge in [-0.2, -0.15) is 0 Å². The predicted molar refractivity (Wildman–Crippen MR) is 103 cm³/mol. The SMILES string of the molecule is COc1ccc(O)cc1CCC(CCc1cc(O)ccc1OC)(OC)OC. The minimum Gasteiger partial charge on any atom is -0.508 e. The molecule has 0 radical (unpaired) electrons. The summed E-state index contributed by atoms with van der Waals surface area (Å²) in [4.78, 5) is 0. The molecule has 2 N–H and O–H groups in total. The average Bonchev–Trinajstić information content (AvgIpc) is 2.69. The van der Waals surface area contributed by atoms with E-state index in [1.165, 1.54) is 0 Å². The molecule has 2 aromatic carbocycles. The number of aromatic hydroxyl groups is 2. The predicted octanol–water partition coefficient (Wildman–Crippen LogP) is 3.67. The molecule has 0 heterocycles. The van der Waals surface area contributed by atoms with E-state index in [-0.39, 0.29) is 11.5 Å². The van der Waals surface area contributed by atoms with Gasteiger partial charge in [0.05, 0.1) is 14.2 Å².